The van der Waals surface area contributed by atoms with E-state index >= 15 is 0 Å². The molecule has 1 aliphatic rings. The van der Waals surface area contributed by atoms with Crippen LogP contribution in [-0.4, -0.2) is 41.8 Å². The second kappa shape index (κ2) is 9.00. The van der Waals surface area contributed by atoms with Crippen LogP contribution in [0.2, 0.25) is 0 Å². The Kier molecular flexibility index (Phi) is 5.98. The van der Waals surface area contributed by atoms with Crippen LogP contribution < -0.4 is 10.1 Å². The highest BCUT2D eigenvalue weighted by Crippen LogP contribution is 2.22. The number of nitrogens with one attached hydrogen (secondary N) is 1. The van der Waals surface area contributed by atoms with E-state index in [1.54, 1.807) is 24.3 Å². The van der Waals surface area contributed by atoms with Crippen LogP contribution in [0.3, 0.4) is 0 Å². The summed E-state index contributed by atoms with van der Waals surface area (Å²) < 4.78 is 5.04. The van der Waals surface area contributed by atoms with Crippen molar-refractivity contribution < 1.29 is 19.1 Å². The molecule has 0 radical (unpaired) electrons. The van der Waals surface area contributed by atoms with Crippen molar-refractivity contribution in [3.63, 3.8) is 0 Å². The summed E-state index contributed by atoms with van der Waals surface area (Å²) in [6, 6.07) is 20.2. The third-order valence-corrected chi connectivity index (χ3v) is 5.50. The molecule has 4 rings (SSSR count). The standard InChI is InChI=1S/C25H24N2O4/c1-17(28)31-21-9-4-8-19(16-21)24(29)26-20-12-14-27(15-13-20)25(30)23-11-5-7-18-6-2-3-10-22(18)23/h2-11,16,20H,12-15H2,1H3,(H,26,29). The normalized spacial score (nSPS) is 14.3. The summed E-state index contributed by atoms with van der Waals surface area (Å²) >= 11 is 0. The maximum atomic E-state index is 13.1. The SMILES string of the molecule is CC(=O)Oc1cccc(C(=O)NC2CCN(C(=O)c3cccc4ccccc34)CC2)c1. The van der Waals surface area contributed by atoms with Crippen molar-refractivity contribution in [1.29, 1.82) is 0 Å². The Balaban J connectivity index is 1.37. The highest BCUT2D eigenvalue weighted by molar-refractivity contribution is 6.07. The van der Waals surface area contributed by atoms with E-state index in [2.05, 4.69) is 5.32 Å². The van der Waals surface area contributed by atoms with Gasteiger partial charge < -0.3 is 15.0 Å². The van der Waals surface area contributed by atoms with Crippen LogP contribution in [0, 0.1) is 0 Å². The topological polar surface area (TPSA) is 75.7 Å². The van der Waals surface area contributed by atoms with Gasteiger partial charge in [-0.2, -0.15) is 0 Å². The summed E-state index contributed by atoms with van der Waals surface area (Å²) in [6.45, 7) is 2.49. The molecule has 0 aliphatic carbocycles. The van der Waals surface area contributed by atoms with Gasteiger partial charge in [-0.15, -0.1) is 0 Å². The van der Waals surface area contributed by atoms with Gasteiger partial charge in [0.05, 0.1) is 0 Å². The van der Waals surface area contributed by atoms with Crippen LogP contribution in [0.1, 0.15) is 40.5 Å². The summed E-state index contributed by atoms with van der Waals surface area (Å²) in [4.78, 5) is 38.7. The number of benzene rings is 3. The van der Waals surface area contributed by atoms with Crippen molar-refractivity contribution in [3.8, 4) is 5.75 Å². The van der Waals surface area contributed by atoms with E-state index < -0.39 is 5.97 Å². The van der Waals surface area contributed by atoms with Crippen LogP contribution in [-0.2, 0) is 4.79 Å². The maximum Gasteiger partial charge on any atom is 0.308 e. The lowest BCUT2D eigenvalue weighted by Crippen LogP contribution is -2.46. The first-order valence-corrected chi connectivity index (χ1v) is 10.4. The summed E-state index contributed by atoms with van der Waals surface area (Å²) in [6.07, 6.45) is 1.37. The summed E-state index contributed by atoms with van der Waals surface area (Å²) in [7, 11) is 0. The van der Waals surface area contributed by atoms with Crippen molar-refractivity contribution >= 4 is 28.6 Å². The zero-order valence-electron chi connectivity index (χ0n) is 17.3. The van der Waals surface area contributed by atoms with Gasteiger partial charge in [-0.1, -0.05) is 42.5 Å². The molecule has 158 valence electrons. The molecular weight excluding hydrogens is 392 g/mol. The highest BCUT2D eigenvalue weighted by atomic mass is 16.5. The fraction of sp³-hybridized carbons (Fsp3) is 0.240. The lowest BCUT2D eigenvalue weighted by atomic mass is 10.0. The van der Waals surface area contributed by atoms with Crippen molar-refractivity contribution in [2.24, 2.45) is 0 Å². The van der Waals surface area contributed by atoms with E-state index in [-0.39, 0.29) is 17.9 Å². The second-order valence-electron chi connectivity index (χ2n) is 7.69. The third-order valence-electron chi connectivity index (χ3n) is 5.50. The van der Waals surface area contributed by atoms with Crippen LogP contribution in [0.4, 0.5) is 0 Å². The summed E-state index contributed by atoms with van der Waals surface area (Å²) in [5.41, 5.74) is 1.15. The Morgan fingerprint density at radius 1 is 0.935 bits per heavy atom. The zero-order valence-corrected chi connectivity index (χ0v) is 17.3. The van der Waals surface area contributed by atoms with E-state index in [4.69, 9.17) is 4.74 Å². The monoisotopic (exact) mass is 416 g/mol. The molecule has 0 atom stereocenters. The lowest BCUT2D eigenvalue weighted by molar-refractivity contribution is -0.131. The predicted molar refractivity (Wildman–Crippen MR) is 118 cm³/mol. The van der Waals surface area contributed by atoms with E-state index in [1.807, 2.05) is 47.4 Å². The van der Waals surface area contributed by atoms with Crippen molar-refractivity contribution in [2.45, 2.75) is 25.8 Å². The van der Waals surface area contributed by atoms with Gasteiger partial charge in [0.25, 0.3) is 11.8 Å². The molecule has 0 spiro atoms. The first kappa shape index (κ1) is 20.6. The fourth-order valence-electron chi connectivity index (χ4n) is 3.94. The predicted octanol–water partition coefficient (Wildman–Crippen LogP) is 3.80. The molecule has 1 aliphatic heterocycles. The number of hydrogen-bond acceptors (Lipinski definition) is 4. The first-order chi connectivity index (χ1) is 15.0. The molecule has 3 aromatic carbocycles. The third kappa shape index (κ3) is 4.74. The molecule has 0 aromatic heterocycles. The molecule has 0 unspecified atom stereocenters. The Morgan fingerprint density at radius 2 is 1.65 bits per heavy atom. The average molecular weight is 416 g/mol. The molecule has 1 fully saturated rings. The molecule has 0 saturated carbocycles. The minimum atomic E-state index is -0.430. The number of hydrogen-bond donors (Lipinski definition) is 1. The number of likely N-dealkylation sites (tertiary alicyclic amines) is 1. The number of ether oxygens (including phenoxy) is 1. The van der Waals surface area contributed by atoms with Gasteiger partial charge in [0.2, 0.25) is 0 Å². The lowest BCUT2D eigenvalue weighted by Gasteiger charge is -2.32. The van der Waals surface area contributed by atoms with Gasteiger partial charge >= 0.3 is 5.97 Å². The first-order valence-electron chi connectivity index (χ1n) is 10.4. The molecule has 0 bridgehead atoms. The number of piperidine rings is 1. The fourth-order valence-corrected chi connectivity index (χ4v) is 3.94. The van der Waals surface area contributed by atoms with Gasteiger partial charge in [0.1, 0.15) is 5.75 Å². The molecule has 3 aromatic rings. The smallest absolute Gasteiger partial charge is 0.308 e. The average Bonchev–Trinajstić information content (AvgIpc) is 2.78. The summed E-state index contributed by atoms with van der Waals surface area (Å²) in [5, 5.41) is 5.03. The Labute approximate surface area is 180 Å². The molecule has 6 nitrogen and oxygen atoms in total. The Hall–Kier alpha value is -3.67. The van der Waals surface area contributed by atoms with Crippen molar-refractivity contribution in [2.75, 3.05) is 13.1 Å². The van der Waals surface area contributed by atoms with Crippen molar-refractivity contribution in [1.82, 2.24) is 10.2 Å². The molecule has 31 heavy (non-hydrogen) atoms. The zero-order chi connectivity index (χ0) is 21.8. The molecular formula is C25H24N2O4. The van der Waals surface area contributed by atoms with Gasteiger partial charge in [0.15, 0.2) is 0 Å². The molecule has 1 N–H and O–H groups in total. The minimum Gasteiger partial charge on any atom is -0.427 e. The van der Waals surface area contributed by atoms with Crippen LogP contribution >= 0.6 is 0 Å². The minimum absolute atomic E-state index is 0.0125. The highest BCUT2D eigenvalue weighted by Gasteiger charge is 2.25. The van der Waals surface area contributed by atoms with Gasteiger partial charge in [-0.05, 0) is 47.9 Å². The Bertz CT molecular complexity index is 1130. The number of fused-ring (bicyclic) bond motifs is 1. The number of carbonyl (C=O) groups is 3. The van der Waals surface area contributed by atoms with E-state index in [9.17, 15) is 14.4 Å². The van der Waals surface area contributed by atoms with Gasteiger partial charge in [-0.3, -0.25) is 14.4 Å². The number of amides is 2. The van der Waals surface area contributed by atoms with E-state index in [0.29, 0.717) is 42.8 Å². The molecule has 6 heteroatoms. The molecule has 2 amide bonds. The number of nitrogens with zero attached hydrogens (tertiary/aromatic N) is 1. The number of rotatable bonds is 4. The number of esters is 1. The molecule has 1 saturated heterocycles. The van der Waals surface area contributed by atoms with Gasteiger partial charge in [0, 0.05) is 37.2 Å². The molecule has 1 heterocycles. The largest absolute Gasteiger partial charge is 0.427 e. The van der Waals surface area contributed by atoms with Crippen LogP contribution in [0.15, 0.2) is 66.7 Å². The summed E-state index contributed by atoms with van der Waals surface area (Å²) in [5.74, 6) is -0.278. The van der Waals surface area contributed by atoms with Crippen molar-refractivity contribution in [3.05, 3.63) is 77.9 Å². The van der Waals surface area contributed by atoms with E-state index in [1.165, 1.54) is 6.92 Å². The number of carbonyl (C=O) groups excluding carboxylic acids is 3. The van der Waals surface area contributed by atoms with Crippen LogP contribution in [0.5, 0.6) is 5.75 Å². The van der Waals surface area contributed by atoms with E-state index in [0.717, 1.165) is 10.8 Å². The quantitative estimate of drug-likeness (QED) is 0.519. The second-order valence-corrected chi connectivity index (χ2v) is 7.69. The van der Waals surface area contributed by atoms with Crippen LogP contribution in [0.25, 0.3) is 10.8 Å². The van der Waals surface area contributed by atoms with Gasteiger partial charge in [-0.25, -0.2) is 0 Å². The Morgan fingerprint density at radius 3 is 2.42 bits per heavy atom. The maximum absolute atomic E-state index is 13.1.